The first-order chi connectivity index (χ1) is 4.74. The van der Waals surface area contributed by atoms with E-state index in [1.165, 1.54) is 11.3 Å². The van der Waals surface area contributed by atoms with Gasteiger partial charge < -0.3 is 5.73 Å². The molecule has 0 aliphatic carbocycles. The van der Waals surface area contributed by atoms with Gasteiger partial charge >= 0.3 is 0 Å². The third-order valence-corrected chi connectivity index (χ3v) is 2.53. The van der Waals surface area contributed by atoms with Gasteiger partial charge in [0.15, 0.2) is 6.17 Å². The summed E-state index contributed by atoms with van der Waals surface area (Å²) < 4.78 is 13.5. The molecule has 0 bridgehead atoms. The summed E-state index contributed by atoms with van der Waals surface area (Å²) in [5.74, 6) is 0. The van der Waals surface area contributed by atoms with E-state index in [0.717, 1.165) is 3.79 Å². The minimum atomic E-state index is -1.11. The maximum absolute atomic E-state index is 12.7. The number of halogens is 2. The summed E-state index contributed by atoms with van der Waals surface area (Å²) in [5, 5.41) is 0.439. The number of thiazole rings is 1. The summed E-state index contributed by atoms with van der Waals surface area (Å²) in [5.41, 5.74) is 5.09. The van der Waals surface area contributed by atoms with Crippen LogP contribution in [0.1, 0.15) is 11.2 Å². The number of hydrogen-bond acceptors (Lipinski definition) is 3. The molecule has 1 aromatic heterocycles. The molecule has 1 unspecified atom stereocenters. The first-order valence-electron chi connectivity index (χ1n) is 2.69. The molecule has 1 aromatic rings. The first kappa shape index (κ1) is 8.10. The fourth-order valence-electron chi connectivity index (χ4n) is 0.513. The zero-order chi connectivity index (χ0) is 7.56. The lowest BCUT2D eigenvalue weighted by Crippen LogP contribution is -2.06. The zero-order valence-electron chi connectivity index (χ0n) is 5.05. The molecule has 0 spiro atoms. The van der Waals surface area contributed by atoms with Crippen LogP contribution in [0.2, 0.25) is 0 Å². The highest BCUT2D eigenvalue weighted by Gasteiger charge is 2.10. The molecule has 0 saturated heterocycles. The monoisotopic (exact) mass is 224 g/mol. The van der Waals surface area contributed by atoms with E-state index in [9.17, 15) is 4.39 Å². The molecular weight excluding hydrogens is 219 g/mol. The molecule has 0 radical (unpaired) electrons. The average molecular weight is 225 g/mol. The van der Waals surface area contributed by atoms with E-state index < -0.39 is 6.17 Å². The fraction of sp³-hybridized carbons (Fsp3) is 0.400. The van der Waals surface area contributed by atoms with Crippen molar-refractivity contribution in [3.05, 3.63) is 15.0 Å². The van der Waals surface area contributed by atoms with Crippen molar-refractivity contribution in [2.75, 3.05) is 6.54 Å². The molecule has 1 rings (SSSR count). The van der Waals surface area contributed by atoms with Crippen LogP contribution in [-0.2, 0) is 0 Å². The quantitative estimate of drug-likeness (QED) is 0.834. The van der Waals surface area contributed by atoms with Gasteiger partial charge in [-0.1, -0.05) is 0 Å². The van der Waals surface area contributed by atoms with Gasteiger partial charge in [-0.15, -0.1) is 11.3 Å². The average Bonchev–Trinajstić information content (AvgIpc) is 2.34. The Morgan fingerprint density at radius 2 is 2.60 bits per heavy atom. The molecule has 0 fully saturated rings. The minimum absolute atomic E-state index is 0.0000463. The van der Waals surface area contributed by atoms with E-state index in [0.29, 0.717) is 5.01 Å². The SMILES string of the molecule is NCC(F)c1ncc(Br)s1. The lowest BCUT2D eigenvalue weighted by molar-refractivity contribution is 0.352. The normalized spacial score (nSPS) is 13.5. The molecular formula is C5H6BrFN2S. The standard InChI is InChI=1S/C5H6BrFN2S/c6-4-2-9-5(10-4)3(7)1-8/h2-3H,1,8H2. The maximum Gasteiger partial charge on any atom is 0.164 e. The van der Waals surface area contributed by atoms with Crippen LogP contribution in [0.15, 0.2) is 9.98 Å². The second-order valence-electron chi connectivity index (χ2n) is 1.71. The van der Waals surface area contributed by atoms with Crippen molar-refractivity contribution < 1.29 is 4.39 Å². The van der Waals surface area contributed by atoms with Gasteiger partial charge in [-0.25, -0.2) is 9.37 Å². The van der Waals surface area contributed by atoms with Crippen molar-refractivity contribution in [1.82, 2.24) is 4.98 Å². The largest absolute Gasteiger partial charge is 0.327 e. The zero-order valence-corrected chi connectivity index (χ0v) is 7.45. The Hall–Kier alpha value is -0.0000000000000000833. The van der Waals surface area contributed by atoms with E-state index in [-0.39, 0.29) is 6.54 Å². The van der Waals surface area contributed by atoms with Crippen molar-refractivity contribution in [1.29, 1.82) is 0 Å². The molecule has 0 saturated carbocycles. The molecule has 1 heterocycles. The van der Waals surface area contributed by atoms with Crippen LogP contribution >= 0.6 is 27.3 Å². The highest BCUT2D eigenvalue weighted by atomic mass is 79.9. The molecule has 0 aliphatic rings. The van der Waals surface area contributed by atoms with Gasteiger partial charge in [0.1, 0.15) is 5.01 Å². The van der Waals surface area contributed by atoms with Crippen molar-refractivity contribution in [3.63, 3.8) is 0 Å². The van der Waals surface area contributed by atoms with Crippen LogP contribution < -0.4 is 5.73 Å². The summed E-state index contributed by atoms with van der Waals surface area (Å²) in [6, 6.07) is 0. The van der Waals surface area contributed by atoms with Crippen LogP contribution in [-0.4, -0.2) is 11.5 Å². The summed E-state index contributed by atoms with van der Waals surface area (Å²) in [6.07, 6.45) is 0.457. The maximum atomic E-state index is 12.7. The highest BCUT2D eigenvalue weighted by molar-refractivity contribution is 9.11. The lowest BCUT2D eigenvalue weighted by Gasteiger charge is -1.96. The molecule has 2 nitrogen and oxygen atoms in total. The molecule has 0 aromatic carbocycles. The summed E-state index contributed by atoms with van der Waals surface area (Å²) in [6.45, 7) is -0.0000463. The Labute approximate surface area is 70.4 Å². The molecule has 56 valence electrons. The predicted octanol–water partition coefficient (Wildman–Crippen LogP) is 1.87. The molecule has 0 aliphatic heterocycles. The Morgan fingerprint density at radius 1 is 1.90 bits per heavy atom. The van der Waals surface area contributed by atoms with E-state index in [1.807, 2.05) is 0 Å². The highest BCUT2D eigenvalue weighted by Crippen LogP contribution is 2.25. The van der Waals surface area contributed by atoms with Crippen LogP contribution in [0.25, 0.3) is 0 Å². The van der Waals surface area contributed by atoms with Crippen molar-refractivity contribution in [3.8, 4) is 0 Å². The van der Waals surface area contributed by atoms with Gasteiger partial charge in [-0.2, -0.15) is 0 Å². The molecule has 10 heavy (non-hydrogen) atoms. The summed E-state index contributed by atoms with van der Waals surface area (Å²) in [7, 11) is 0. The van der Waals surface area contributed by atoms with Gasteiger partial charge in [-0.05, 0) is 15.9 Å². The molecule has 2 N–H and O–H groups in total. The Bertz CT molecular complexity index is 215. The van der Waals surface area contributed by atoms with Crippen molar-refractivity contribution >= 4 is 27.3 Å². The Balaban J connectivity index is 2.74. The molecule has 1 atom stereocenters. The topological polar surface area (TPSA) is 38.9 Å². The van der Waals surface area contributed by atoms with E-state index in [4.69, 9.17) is 5.73 Å². The van der Waals surface area contributed by atoms with E-state index in [1.54, 1.807) is 6.20 Å². The number of alkyl halides is 1. The molecule has 0 amide bonds. The third-order valence-electron chi connectivity index (χ3n) is 0.970. The second kappa shape index (κ2) is 3.41. The Morgan fingerprint density at radius 3 is 3.00 bits per heavy atom. The van der Waals surface area contributed by atoms with Crippen LogP contribution in [0, 0.1) is 0 Å². The summed E-state index contributed by atoms with van der Waals surface area (Å²) in [4.78, 5) is 3.80. The number of nitrogens with zero attached hydrogens (tertiary/aromatic N) is 1. The molecule has 5 heteroatoms. The van der Waals surface area contributed by atoms with Gasteiger partial charge in [0.25, 0.3) is 0 Å². The van der Waals surface area contributed by atoms with E-state index >= 15 is 0 Å². The predicted molar refractivity (Wildman–Crippen MR) is 42.7 cm³/mol. The summed E-state index contributed by atoms with van der Waals surface area (Å²) >= 11 is 4.45. The van der Waals surface area contributed by atoms with Gasteiger partial charge in [0.05, 0.1) is 9.98 Å². The van der Waals surface area contributed by atoms with Gasteiger partial charge in [0, 0.05) is 6.54 Å². The third kappa shape index (κ3) is 1.74. The lowest BCUT2D eigenvalue weighted by atomic mass is 10.4. The van der Waals surface area contributed by atoms with Gasteiger partial charge in [-0.3, -0.25) is 0 Å². The Kier molecular flexibility index (Phi) is 2.76. The second-order valence-corrected chi connectivity index (χ2v) is 4.15. The first-order valence-corrected chi connectivity index (χ1v) is 4.30. The number of rotatable bonds is 2. The van der Waals surface area contributed by atoms with Crippen LogP contribution in [0.5, 0.6) is 0 Å². The number of nitrogens with two attached hydrogens (primary N) is 1. The fourth-order valence-corrected chi connectivity index (χ4v) is 1.75. The number of aromatic nitrogens is 1. The number of hydrogen-bond donors (Lipinski definition) is 1. The van der Waals surface area contributed by atoms with Crippen molar-refractivity contribution in [2.45, 2.75) is 6.17 Å². The van der Waals surface area contributed by atoms with Crippen LogP contribution in [0.3, 0.4) is 0 Å². The van der Waals surface area contributed by atoms with E-state index in [2.05, 4.69) is 20.9 Å². The minimum Gasteiger partial charge on any atom is -0.327 e. The van der Waals surface area contributed by atoms with Crippen molar-refractivity contribution in [2.24, 2.45) is 5.73 Å². The van der Waals surface area contributed by atoms with Crippen LogP contribution in [0.4, 0.5) is 4.39 Å². The van der Waals surface area contributed by atoms with Gasteiger partial charge in [0.2, 0.25) is 0 Å². The smallest absolute Gasteiger partial charge is 0.164 e.